The number of hydrogen-bond acceptors (Lipinski definition) is 2. The monoisotopic (exact) mass is 259 g/mol. The molecule has 4 heteroatoms. The van der Waals surface area contributed by atoms with E-state index in [2.05, 4.69) is 0 Å². The Morgan fingerprint density at radius 3 is 2.47 bits per heavy atom. The molecule has 0 spiro atoms. The Bertz CT molecular complexity index is 477. The van der Waals surface area contributed by atoms with Crippen LogP contribution in [0.1, 0.15) is 13.3 Å². The topological polar surface area (TPSA) is 57.6 Å². The molecule has 0 bridgehead atoms. The van der Waals surface area contributed by atoms with E-state index in [4.69, 9.17) is 5.11 Å². The summed E-state index contributed by atoms with van der Waals surface area (Å²) in [7, 11) is 0. The van der Waals surface area contributed by atoms with Gasteiger partial charge < -0.3 is 10.0 Å². The smallest absolute Gasteiger partial charge is 0.305 e. The fraction of sp³-hybridized carbons (Fsp3) is 0.200. The summed E-state index contributed by atoms with van der Waals surface area (Å²) >= 11 is 0. The van der Waals surface area contributed by atoms with Crippen molar-refractivity contribution in [1.29, 1.82) is 0 Å². The highest BCUT2D eigenvalue weighted by molar-refractivity contribution is 6.01. The molecule has 0 aliphatic carbocycles. The molecule has 0 saturated heterocycles. The van der Waals surface area contributed by atoms with Crippen LogP contribution >= 0.6 is 0 Å². The third-order valence-electron chi connectivity index (χ3n) is 2.43. The van der Waals surface area contributed by atoms with Crippen LogP contribution in [0, 0.1) is 0 Å². The molecular weight excluding hydrogens is 242 g/mol. The lowest BCUT2D eigenvalue weighted by atomic mass is 10.2. The maximum absolute atomic E-state index is 12.0. The van der Waals surface area contributed by atoms with Gasteiger partial charge in [0.1, 0.15) is 0 Å². The minimum absolute atomic E-state index is 0.0852. The zero-order valence-electron chi connectivity index (χ0n) is 10.8. The molecule has 0 aliphatic rings. The van der Waals surface area contributed by atoms with Gasteiger partial charge in [-0.1, -0.05) is 36.4 Å². The number of aliphatic carboxylic acids is 1. The van der Waals surface area contributed by atoms with Crippen molar-refractivity contribution in [3.8, 4) is 0 Å². The van der Waals surface area contributed by atoms with Gasteiger partial charge >= 0.3 is 5.97 Å². The number of nitrogens with zero attached hydrogens (tertiary/aromatic N) is 1. The fourth-order valence-corrected chi connectivity index (χ4v) is 1.52. The van der Waals surface area contributed by atoms with E-state index in [9.17, 15) is 9.59 Å². The van der Waals surface area contributed by atoms with Crippen molar-refractivity contribution >= 4 is 17.6 Å². The van der Waals surface area contributed by atoms with Crippen molar-refractivity contribution in [2.45, 2.75) is 13.3 Å². The van der Waals surface area contributed by atoms with Crippen molar-refractivity contribution in [2.75, 3.05) is 11.4 Å². The van der Waals surface area contributed by atoms with Crippen molar-refractivity contribution in [3.05, 3.63) is 54.6 Å². The largest absolute Gasteiger partial charge is 0.481 e. The standard InChI is InChI=1S/C15H17NO3/c1-2-3-5-10-14(17)16(12-11-15(18)19)13-8-6-4-7-9-13/h2-10H,11-12H2,1H3,(H,18,19)/b3-2+,10-5+. The van der Waals surface area contributed by atoms with Crippen LogP contribution in [0.5, 0.6) is 0 Å². The average Bonchev–Trinajstić information content (AvgIpc) is 2.40. The Labute approximate surface area is 112 Å². The third kappa shape index (κ3) is 5.21. The normalized spacial score (nSPS) is 11.0. The molecule has 1 aromatic carbocycles. The van der Waals surface area contributed by atoms with Crippen LogP contribution < -0.4 is 4.90 Å². The summed E-state index contributed by atoms with van der Waals surface area (Å²) < 4.78 is 0. The first-order chi connectivity index (χ1) is 9.15. The number of benzene rings is 1. The summed E-state index contributed by atoms with van der Waals surface area (Å²) in [5.41, 5.74) is 0.693. The van der Waals surface area contributed by atoms with Crippen LogP contribution in [0.25, 0.3) is 0 Å². The quantitative estimate of drug-likeness (QED) is 0.631. The SMILES string of the molecule is C/C=C/C=C/C(=O)N(CCC(=O)O)c1ccccc1. The number of para-hydroxylation sites is 1. The molecule has 1 aromatic rings. The van der Waals surface area contributed by atoms with Crippen molar-refractivity contribution < 1.29 is 14.7 Å². The van der Waals surface area contributed by atoms with Crippen LogP contribution in [0.4, 0.5) is 5.69 Å². The van der Waals surface area contributed by atoms with E-state index in [1.807, 2.05) is 31.2 Å². The Kier molecular flexibility index (Phi) is 6.09. The van der Waals surface area contributed by atoms with E-state index in [0.29, 0.717) is 5.69 Å². The Morgan fingerprint density at radius 2 is 1.89 bits per heavy atom. The Morgan fingerprint density at radius 1 is 1.21 bits per heavy atom. The number of carboxylic acid groups (broad SMARTS) is 1. The van der Waals surface area contributed by atoms with Crippen molar-refractivity contribution in [3.63, 3.8) is 0 Å². The summed E-state index contributed by atoms with van der Waals surface area (Å²) in [5.74, 6) is -1.16. The minimum Gasteiger partial charge on any atom is -0.481 e. The number of allylic oxidation sites excluding steroid dienone is 3. The highest BCUT2D eigenvalue weighted by atomic mass is 16.4. The molecular formula is C15H17NO3. The van der Waals surface area contributed by atoms with Crippen LogP contribution in [0.2, 0.25) is 0 Å². The van der Waals surface area contributed by atoms with Gasteiger partial charge in [-0.3, -0.25) is 9.59 Å². The molecule has 4 nitrogen and oxygen atoms in total. The Balaban J connectivity index is 2.86. The van der Waals surface area contributed by atoms with Crippen molar-refractivity contribution in [2.24, 2.45) is 0 Å². The molecule has 1 amide bonds. The molecule has 0 atom stereocenters. The predicted molar refractivity (Wildman–Crippen MR) is 75.0 cm³/mol. The molecule has 1 N–H and O–H groups in total. The second kappa shape index (κ2) is 7.87. The van der Waals surface area contributed by atoms with Gasteiger partial charge in [-0.25, -0.2) is 0 Å². The summed E-state index contributed by atoms with van der Waals surface area (Å²) in [6.07, 6.45) is 6.54. The minimum atomic E-state index is -0.925. The number of carboxylic acids is 1. The maximum atomic E-state index is 12.0. The second-order valence-electron chi connectivity index (χ2n) is 3.85. The zero-order valence-corrected chi connectivity index (χ0v) is 10.8. The first-order valence-electron chi connectivity index (χ1n) is 6.03. The van der Waals surface area contributed by atoms with Gasteiger partial charge in [-0.15, -0.1) is 0 Å². The van der Waals surface area contributed by atoms with Gasteiger partial charge in [0, 0.05) is 18.3 Å². The van der Waals surface area contributed by atoms with E-state index < -0.39 is 5.97 Å². The lowest BCUT2D eigenvalue weighted by molar-refractivity contribution is -0.136. The van der Waals surface area contributed by atoms with E-state index in [1.165, 1.54) is 11.0 Å². The fourth-order valence-electron chi connectivity index (χ4n) is 1.52. The molecule has 0 aromatic heterocycles. The molecule has 19 heavy (non-hydrogen) atoms. The van der Waals surface area contributed by atoms with E-state index in [1.54, 1.807) is 24.3 Å². The van der Waals surface area contributed by atoms with Gasteiger partial charge in [-0.2, -0.15) is 0 Å². The highest BCUT2D eigenvalue weighted by Crippen LogP contribution is 2.14. The number of carbonyl (C=O) groups excluding carboxylic acids is 1. The first kappa shape index (κ1) is 14.7. The summed E-state index contributed by atoms with van der Waals surface area (Å²) in [6, 6.07) is 9.03. The van der Waals surface area contributed by atoms with Crippen LogP contribution in [0.3, 0.4) is 0 Å². The van der Waals surface area contributed by atoms with Gasteiger partial charge in [0.2, 0.25) is 0 Å². The molecule has 0 saturated carbocycles. The second-order valence-corrected chi connectivity index (χ2v) is 3.85. The lowest BCUT2D eigenvalue weighted by Gasteiger charge is -2.20. The highest BCUT2D eigenvalue weighted by Gasteiger charge is 2.13. The third-order valence-corrected chi connectivity index (χ3v) is 2.43. The maximum Gasteiger partial charge on any atom is 0.305 e. The molecule has 0 fully saturated rings. The molecule has 0 radical (unpaired) electrons. The van der Waals surface area contributed by atoms with Crippen LogP contribution in [-0.4, -0.2) is 23.5 Å². The molecule has 0 heterocycles. The lowest BCUT2D eigenvalue weighted by Crippen LogP contribution is -2.31. The summed E-state index contributed by atoms with van der Waals surface area (Å²) in [4.78, 5) is 24.1. The van der Waals surface area contributed by atoms with Gasteiger partial charge in [-0.05, 0) is 19.1 Å². The number of hydrogen-bond donors (Lipinski definition) is 1. The average molecular weight is 259 g/mol. The van der Waals surface area contributed by atoms with Gasteiger partial charge in [0.05, 0.1) is 6.42 Å². The number of amides is 1. The summed E-state index contributed by atoms with van der Waals surface area (Å²) in [5, 5.41) is 8.74. The number of carbonyl (C=O) groups is 2. The zero-order chi connectivity index (χ0) is 14.1. The first-order valence-corrected chi connectivity index (χ1v) is 6.03. The predicted octanol–water partition coefficient (Wildman–Crippen LogP) is 2.63. The molecule has 100 valence electrons. The van der Waals surface area contributed by atoms with Crippen molar-refractivity contribution in [1.82, 2.24) is 0 Å². The Hall–Kier alpha value is -2.36. The molecule has 1 rings (SSSR count). The number of anilines is 1. The van der Waals surface area contributed by atoms with Crippen LogP contribution in [-0.2, 0) is 9.59 Å². The number of rotatable bonds is 6. The van der Waals surface area contributed by atoms with Crippen LogP contribution in [0.15, 0.2) is 54.6 Å². The van der Waals surface area contributed by atoms with E-state index in [0.717, 1.165) is 0 Å². The summed E-state index contributed by atoms with van der Waals surface area (Å²) in [6.45, 7) is 2.01. The molecule has 0 aliphatic heterocycles. The van der Waals surface area contributed by atoms with Gasteiger partial charge in [0.15, 0.2) is 0 Å². The van der Waals surface area contributed by atoms with E-state index in [-0.39, 0.29) is 18.9 Å². The molecule has 0 unspecified atom stereocenters. The van der Waals surface area contributed by atoms with E-state index >= 15 is 0 Å². The van der Waals surface area contributed by atoms with Gasteiger partial charge in [0.25, 0.3) is 5.91 Å².